The summed E-state index contributed by atoms with van der Waals surface area (Å²) in [6, 6.07) is 16.6. The molecule has 0 fully saturated rings. The summed E-state index contributed by atoms with van der Waals surface area (Å²) in [5, 5.41) is 0.624. The fourth-order valence-corrected chi connectivity index (χ4v) is 5.51. The minimum atomic E-state index is -0.796. The molecular weight excluding hydrogens is 540 g/mol. The molecule has 1 atom stereocenters. The molecular formula is C29H23ClN2O6S. The molecule has 1 aliphatic heterocycles. The zero-order valence-corrected chi connectivity index (χ0v) is 22.8. The Labute approximate surface area is 232 Å². The Bertz CT molecular complexity index is 1780. The molecule has 2 aromatic heterocycles. The van der Waals surface area contributed by atoms with Gasteiger partial charge in [0, 0.05) is 16.7 Å². The molecule has 0 N–H and O–H groups in total. The average molecular weight is 563 g/mol. The Kier molecular flexibility index (Phi) is 7.36. The summed E-state index contributed by atoms with van der Waals surface area (Å²) in [5.41, 5.74) is 2.19. The van der Waals surface area contributed by atoms with Gasteiger partial charge in [-0.25, -0.2) is 14.6 Å². The Balaban J connectivity index is 1.62. The van der Waals surface area contributed by atoms with E-state index >= 15 is 0 Å². The van der Waals surface area contributed by atoms with E-state index in [2.05, 4.69) is 4.99 Å². The standard InChI is InChI=1S/C29H23ClN2O6S/c1-4-37-28(35)24-16(2)31-29-32(25(24)18-5-7-19(8-6-18)27(34)36-3)26(33)23(39-29)15-21-13-14-22(38-21)17-9-11-20(30)12-10-17/h5-15,25H,4H2,1-3H3. The maximum Gasteiger partial charge on any atom is 0.338 e. The summed E-state index contributed by atoms with van der Waals surface area (Å²) in [6.07, 6.45) is 1.66. The normalized spacial score (nSPS) is 15.1. The third-order valence-electron chi connectivity index (χ3n) is 6.19. The number of fused-ring (bicyclic) bond motifs is 1. The van der Waals surface area contributed by atoms with Crippen molar-refractivity contribution in [2.75, 3.05) is 13.7 Å². The van der Waals surface area contributed by atoms with Crippen LogP contribution in [0.25, 0.3) is 17.4 Å². The minimum absolute atomic E-state index is 0.169. The molecule has 0 saturated carbocycles. The second kappa shape index (κ2) is 10.9. The molecule has 5 rings (SSSR count). The van der Waals surface area contributed by atoms with Crippen LogP contribution in [-0.4, -0.2) is 30.2 Å². The van der Waals surface area contributed by atoms with Crippen molar-refractivity contribution in [3.05, 3.63) is 114 Å². The van der Waals surface area contributed by atoms with E-state index in [0.29, 0.717) is 42.7 Å². The number of rotatable bonds is 6. The van der Waals surface area contributed by atoms with Crippen molar-refractivity contribution in [2.45, 2.75) is 19.9 Å². The molecule has 0 saturated heterocycles. The Hall–Kier alpha value is -4.21. The van der Waals surface area contributed by atoms with Gasteiger partial charge in [-0.1, -0.05) is 35.1 Å². The minimum Gasteiger partial charge on any atom is -0.465 e. The van der Waals surface area contributed by atoms with Gasteiger partial charge < -0.3 is 13.9 Å². The van der Waals surface area contributed by atoms with E-state index in [4.69, 9.17) is 25.5 Å². The predicted molar refractivity (Wildman–Crippen MR) is 147 cm³/mol. The third-order valence-corrected chi connectivity index (χ3v) is 7.43. The summed E-state index contributed by atoms with van der Waals surface area (Å²) in [4.78, 5) is 43.7. The molecule has 1 unspecified atom stereocenters. The highest BCUT2D eigenvalue weighted by Crippen LogP contribution is 2.31. The van der Waals surface area contributed by atoms with Crippen LogP contribution >= 0.6 is 22.9 Å². The number of benzene rings is 2. The highest BCUT2D eigenvalue weighted by Gasteiger charge is 2.33. The number of halogens is 1. The Morgan fingerprint density at radius 2 is 1.79 bits per heavy atom. The van der Waals surface area contributed by atoms with Gasteiger partial charge in [0.2, 0.25) is 0 Å². The van der Waals surface area contributed by atoms with Crippen LogP contribution in [0.3, 0.4) is 0 Å². The summed E-state index contributed by atoms with van der Waals surface area (Å²) >= 11 is 7.18. The molecule has 0 amide bonds. The molecule has 10 heteroatoms. The van der Waals surface area contributed by atoms with Crippen LogP contribution < -0.4 is 14.9 Å². The number of furan rings is 1. The molecule has 0 bridgehead atoms. The Morgan fingerprint density at radius 3 is 2.46 bits per heavy atom. The first kappa shape index (κ1) is 26.4. The van der Waals surface area contributed by atoms with Crippen molar-refractivity contribution < 1.29 is 23.5 Å². The van der Waals surface area contributed by atoms with E-state index in [0.717, 1.165) is 5.56 Å². The van der Waals surface area contributed by atoms with Gasteiger partial charge in [-0.3, -0.25) is 9.36 Å². The number of nitrogens with zero attached hydrogens (tertiary/aromatic N) is 2. The number of allylic oxidation sites excluding steroid dienone is 1. The number of carbonyl (C=O) groups is 2. The first-order chi connectivity index (χ1) is 18.8. The van der Waals surface area contributed by atoms with Gasteiger partial charge in [0.1, 0.15) is 11.5 Å². The van der Waals surface area contributed by atoms with Crippen molar-refractivity contribution in [1.29, 1.82) is 0 Å². The van der Waals surface area contributed by atoms with Gasteiger partial charge in [0.05, 0.1) is 41.1 Å². The topological polar surface area (TPSA) is 100 Å². The lowest BCUT2D eigenvalue weighted by Crippen LogP contribution is -2.39. The Morgan fingerprint density at radius 1 is 1.08 bits per heavy atom. The highest BCUT2D eigenvalue weighted by atomic mass is 35.5. The number of hydrogen-bond donors (Lipinski definition) is 0. The second-order valence-corrected chi connectivity index (χ2v) is 10.1. The van der Waals surface area contributed by atoms with Crippen LogP contribution in [0.15, 0.2) is 86.1 Å². The quantitative estimate of drug-likeness (QED) is 0.321. The van der Waals surface area contributed by atoms with Gasteiger partial charge in [0.15, 0.2) is 4.80 Å². The van der Waals surface area contributed by atoms with Crippen LogP contribution in [0.2, 0.25) is 5.02 Å². The van der Waals surface area contributed by atoms with Crippen molar-refractivity contribution in [1.82, 2.24) is 4.57 Å². The zero-order valence-electron chi connectivity index (χ0n) is 21.3. The number of methoxy groups -OCH3 is 1. The molecule has 2 aromatic carbocycles. The van der Waals surface area contributed by atoms with Gasteiger partial charge >= 0.3 is 11.9 Å². The zero-order chi connectivity index (χ0) is 27.7. The molecule has 198 valence electrons. The lowest BCUT2D eigenvalue weighted by molar-refractivity contribution is -0.139. The number of carbonyl (C=O) groups excluding carboxylic acids is 2. The maximum absolute atomic E-state index is 13.7. The lowest BCUT2D eigenvalue weighted by Gasteiger charge is -2.24. The largest absolute Gasteiger partial charge is 0.465 e. The fourth-order valence-electron chi connectivity index (χ4n) is 4.36. The predicted octanol–water partition coefficient (Wildman–Crippen LogP) is 4.50. The van der Waals surface area contributed by atoms with E-state index in [-0.39, 0.29) is 17.7 Å². The fraction of sp³-hybridized carbons (Fsp3) is 0.172. The van der Waals surface area contributed by atoms with E-state index < -0.39 is 18.0 Å². The SMILES string of the molecule is CCOC(=O)C1=C(C)N=c2sc(=Cc3ccc(-c4ccc(Cl)cc4)o3)c(=O)n2C1c1ccc(C(=O)OC)cc1. The number of thiazole rings is 1. The average Bonchev–Trinajstić information content (AvgIpc) is 3.52. The first-order valence-electron chi connectivity index (χ1n) is 12.0. The summed E-state index contributed by atoms with van der Waals surface area (Å²) in [6.45, 7) is 3.59. The third kappa shape index (κ3) is 5.10. The molecule has 8 nitrogen and oxygen atoms in total. The molecule has 4 aromatic rings. The van der Waals surface area contributed by atoms with Crippen LogP contribution in [0, 0.1) is 0 Å². The number of hydrogen-bond acceptors (Lipinski definition) is 8. The van der Waals surface area contributed by atoms with E-state index in [1.165, 1.54) is 23.0 Å². The van der Waals surface area contributed by atoms with Crippen molar-refractivity contribution in [3.63, 3.8) is 0 Å². The monoisotopic (exact) mass is 562 g/mol. The molecule has 3 heterocycles. The molecule has 1 aliphatic rings. The van der Waals surface area contributed by atoms with Crippen molar-refractivity contribution in [3.8, 4) is 11.3 Å². The van der Waals surface area contributed by atoms with Gasteiger partial charge in [-0.05, 0) is 67.9 Å². The smallest absolute Gasteiger partial charge is 0.338 e. The van der Waals surface area contributed by atoms with Crippen LogP contribution in [0.5, 0.6) is 0 Å². The van der Waals surface area contributed by atoms with Gasteiger partial charge in [-0.2, -0.15) is 0 Å². The number of aromatic nitrogens is 1. The lowest BCUT2D eigenvalue weighted by atomic mass is 9.95. The maximum atomic E-state index is 13.7. The highest BCUT2D eigenvalue weighted by molar-refractivity contribution is 7.07. The summed E-state index contributed by atoms with van der Waals surface area (Å²) < 4.78 is 17.9. The second-order valence-electron chi connectivity index (χ2n) is 8.62. The first-order valence-corrected chi connectivity index (χ1v) is 13.2. The number of esters is 2. The molecule has 39 heavy (non-hydrogen) atoms. The van der Waals surface area contributed by atoms with E-state index in [9.17, 15) is 14.4 Å². The van der Waals surface area contributed by atoms with Crippen LogP contribution in [0.4, 0.5) is 0 Å². The number of ether oxygens (including phenoxy) is 2. The van der Waals surface area contributed by atoms with Crippen molar-refractivity contribution in [2.24, 2.45) is 4.99 Å². The van der Waals surface area contributed by atoms with Crippen LogP contribution in [-0.2, 0) is 14.3 Å². The molecule has 0 aliphatic carbocycles. The van der Waals surface area contributed by atoms with Crippen LogP contribution in [0.1, 0.15) is 41.6 Å². The summed E-state index contributed by atoms with van der Waals surface area (Å²) in [5.74, 6) is 0.0770. The van der Waals surface area contributed by atoms with Gasteiger partial charge in [0.25, 0.3) is 5.56 Å². The van der Waals surface area contributed by atoms with E-state index in [1.54, 1.807) is 62.4 Å². The molecule has 0 radical (unpaired) electrons. The van der Waals surface area contributed by atoms with Crippen molar-refractivity contribution >= 4 is 41.0 Å². The van der Waals surface area contributed by atoms with E-state index in [1.807, 2.05) is 18.2 Å². The molecule has 0 spiro atoms. The summed E-state index contributed by atoms with van der Waals surface area (Å²) in [7, 11) is 1.30. The van der Waals surface area contributed by atoms with Gasteiger partial charge in [-0.15, -0.1) is 0 Å².